The van der Waals surface area contributed by atoms with Crippen LogP contribution in [0.4, 0.5) is 0 Å². The average Bonchev–Trinajstić information content (AvgIpc) is 2.47. The average molecular weight is 273 g/mol. The Morgan fingerprint density at radius 3 is 2.55 bits per heavy atom. The monoisotopic (exact) mass is 273 g/mol. The van der Waals surface area contributed by atoms with Gasteiger partial charge >= 0.3 is 0 Å². The highest BCUT2D eigenvalue weighted by atomic mass is 16.5. The minimum atomic E-state index is 0.505. The highest BCUT2D eigenvalue weighted by Gasteiger charge is 2.25. The van der Waals surface area contributed by atoms with Crippen molar-refractivity contribution in [1.29, 1.82) is 0 Å². The molecule has 2 heteroatoms. The fourth-order valence-electron chi connectivity index (χ4n) is 2.95. The van der Waals surface area contributed by atoms with E-state index in [2.05, 4.69) is 31.0 Å². The highest BCUT2D eigenvalue weighted by Crippen LogP contribution is 2.34. The normalized spacial score (nSPS) is 17.6. The van der Waals surface area contributed by atoms with Crippen molar-refractivity contribution in [3.8, 4) is 5.75 Å². The summed E-state index contributed by atoms with van der Waals surface area (Å²) in [5.74, 6) is 0.910. The second-order valence-corrected chi connectivity index (χ2v) is 6.22. The zero-order valence-electron chi connectivity index (χ0n) is 12.7. The molecule has 0 aliphatic heterocycles. The first kappa shape index (κ1) is 15.1. The third-order valence-corrected chi connectivity index (χ3v) is 4.23. The lowest BCUT2D eigenvalue weighted by Crippen LogP contribution is -2.33. The quantitative estimate of drug-likeness (QED) is 0.747. The summed E-state index contributed by atoms with van der Waals surface area (Å²) >= 11 is 0. The standard InChI is InChI=1S/C18H27NO/c1-3-13-20-17-9-7-16(8-10-17)14-19-15-18(2)11-5-4-6-12-18/h3,7-10,19H,1,4-6,11-15H2,2H3. The molecule has 0 radical (unpaired) electrons. The molecule has 1 aromatic carbocycles. The summed E-state index contributed by atoms with van der Waals surface area (Å²) in [6, 6.07) is 8.33. The van der Waals surface area contributed by atoms with E-state index in [1.807, 2.05) is 12.1 Å². The van der Waals surface area contributed by atoms with Gasteiger partial charge in [-0.05, 0) is 36.0 Å². The molecule has 2 rings (SSSR count). The molecule has 0 amide bonds. The van der Waals surface area contributed by atoms with Crippen LogP contribution in [0.2, 0.25) is 0 Å². The van der Waals surface area contributed by atoms with Crippen LogP contribution < -0.4 is 10.1 Å². The van der Waals surface area contributed by atoms with Crippen LogP contribution in [0.25, 0.3) is 0 Å². The van der Waals surface area contributed by atoms with Crippen LogP contribution in [0.1, 0.15) is 44.6 Å². The van der Waals surface area contributed by atoms with Gasteiger partial charge in [0.2, 0.25) is 0 Å². The second kappa shape index (κ2) is 7.49. The van der Waals surface area contributed by atoms with E-state index in [1.165, 1.54) is 37.7 Å². The van der Waals surface area contributed by atoms with Gasteiger partial charge in [-0.25, -0.2) is 0 Å². The van der Waals surface area contributed by atoms with Crippen LogP contribution >= 0.6 is 0 Å². The molecule has 1 aromatic rings. The molecule has 20 heavy (non-hydrogen) atoms. The first-order valence-corrected chi connectivity index (χ1v) is 7.75. The predicted molar refractivity (Wildman–Crippen MR) is 85.0 cm³/mol. The van der Waals surface area contributed by atoms with E-state index in [9.17, 15) is 0 Å². The van der Waals surface area contributed by atoms with Crippen molar-refractivity contribution in [3.05, 3.63) is 42.5 Å². The number of ether oxygens (including phenoxy) is 1. The molecule has 0 atom stereocenters. The summed E-state index contributed by atoms with van der Waals surface area (Å²) in [6.07, 6.45) is 8.71. The lowest BCUT2D eigenvalue weighted by atomic mass is 9.76. The van der Waals surface area contributed by atoms with Crippen LogP contribution in [-0.4, -0.2) is 13.2 Å². The van der Waals surface area contributed by atoms with Gasteiger partial charge in [-0.15, -0.1) is 0 Å². The lowest BCUT2D eigenvalue weighted by molar-refractivity contribution is 0.207. The zero-order chi connectivity index (χ0) is 14.3. The largest absolute Gasteiger partial charge is 0.490 e. The number of benzene rings is 1. The minimum absolute atomic E-state index is 0.505. The predicted octanol–water partition coefficient (Wildman–Crippen LogP) is 4.31. The van der Waals surface area contributed by atoms with Gasteiger partial charge in [0, 0.05) is 13.1 Å². The Bertz CT molecular complexity index is 404. The van der Waals surface area contributed by atoms with E-state index in [1.54, 1.807) is 6.08 Å². The Kier molecular flexibility index (Phi) is 5.66. The van der Waals surface area contributed by atoms with Crippen LogP contribution in [0.3, 0.4) is 0 Å². The molecule has 1 aliphatic rings. The third kappa shape index (κ3) is 4.68. The van der Waals surface area contributed by atoms with Crippen molar-refractivity contribution in [2.75, 3.05) is 13.2 Å². The van der Waals surface area contributed by atoms with E-state index >= 15 is 0 Å². The Morgan fingerprint density at radius 1 is 1.20 bits per heavy atom. The Labute approximate surface area is 123 Å². The first-order chi connectivity index (χ1) is 9.72. The fraction of sp³-hybridized carbons (Fsp3) is 0.556. The smallest absolute Gasteiger partial charge is 0.119 e. The van der Waals surface area contributed by atoms with Gasteiger partial charge in [-0.1, -0.05) is 51.0 Å². The summed E-state index contributed by atoms with van der Waals surface area (Å²) in [5.41, 5.74) is 1.82. The van der Waals surface area contributed by atoms with Crippen molar-refractivity contribution in [2.24, 2.45) is 5.41 Å². The van der Waals surface area contributed by atoms with E-state index in [4.69, 9.17) is 4.74 Å². The Hall–Kier alpha value is -1.28. The summed E-state index contributed by atoms with van der Waals surface area (Å²) in [4.78, 5) is 0. The summed E-state index contributed by atoms with van der Waals surface area (Å²) in [5, 5.41) is 3.62. The molecule has 0 heterocycles. The Morgan fingerprint density at radius 2 is 1.90 bits per heavy atom. The molecule has 0 spiro atoms. The molecule has 1 N–H and O–H groups in total. The number of rotatable bonds is 7. The molecule has 110 valence electrons. The lowest BCUT2D eigenvalue weighted by Gasteiger charge is -2.33. The minimum Gasteiger partial charge on any atom is -0.490 e. The molecule has 1 fully saturated rings. The maximum absolute atomic E-state index is 5.49. The number of hydrogen-bond donors (Lipinski definition) is 1. The van der Waals surface area contributed by atoms with Gasteiger partial charge in [0.25, 0.3) is 0 Å². The van der Waals surface area contributed by atoms with E-state index in [-0.39, 0.29) is 0 Å². The van der Waals surface area contributed by atoms with Crippen molar-refractivity contribution < 1.29 is 4.74 Å². The topological polar surface area (TPSA) is 21.3 Å². The molecule has 1 aliphatic carbocycles. The van der Waals surface area contributed by atoms with E-state index in [0.29, 0.717) is 12.0 Å². The molecule has 2 nitrogen and oxygen atoms in total. The second-order valence-electron chi connectivity index (χ2n) is 6.22. The SMILES string of the molecule is C=CCOc1ccc(CNCC2(C)CCCCC2)cc1. The van der Waals surface area contributed by atoms with Gasteiger partial charge in [-0.3, -0.25) is 0 Å². The van der Waals surface area contributed by atoms with Gasteiger partial charge in [0.1, 0.15) is 12.4 Å². The van der Waals surface area contributed by atoms with Gasteiger partial charge in [0.15, 0.2) is 0 Å². The molecule has 0 saturated heterocycles. The van der Waals surface area contributed by atoms with Crippen LogP contribution in [0.5, 0.6) is 5.75 Å². The van der Waals surface area contributed by atoms with E-state index < -0.39 is 0 Å². The van der Waals surface area contributed by atoms with Gasteiger partial charge in [-0.2, -0.15) is 0 Å². The highest BCUT2D eigenvalue weighted by molar-refractivity contribution is 5.27. The van der Waals surface area contributed by atoms with Crippen molar-refractivity contribution in [1.82, 2.24) is 5.32 Å². The number of hydrogen-bond acceptors (Lipinski definition) is 2. The third-order valence-electron chi connectivity index (χ3n) is 4.23. The zero-order valence-corrected chi connectivity index (χ0v) is 12.7. The summed E-state index contributed by atoms with van der Waals surface area (Å²) < 4.78 is 5.49. The summed E-state index contributed by atoms with van der Waals surface area (Å²) in [6.45, 7) is 8.71. The number of nitrogens with one attached hydrogen (secondary N) is 1. The van der Waals surface area contributed by atoms with E-state index in [0.717, 1.165) is 18.8 Å². The van der Waals surface area contributed by atoms with Gasteiger partial charge in [0.05, 0.1) is 0 Å². The maximum Gasteiger partial charge on any atom is 0.119 e. The van der Waals surface area contributed by atoms with Crippen molar-refractivity contribution in [2.45, 2.75) is 45.6 Å². The van der Waals surface area contributed by atoms with Gasteiger partial charge < -0.3 is 10.1 Å². The Balaban J connectivity index is 1.74. The molecule has 0 bridgehead atoms. The van der Waals surface area contributed by atoms with Crippen LogP contribution in [0, 0.1) is 5.41 Å². The molecule has 0 unspecified atom stereocenters. The fourth-order valence-corrected chi connectivity index (χ4v) is 2.95. The van der Waals surface area contributed by atoms with Crippen molar-refractivity contribution in [3.63, 3.8) is 0 Å². The molecule has 1 saturated carbocycles. The van der Waals surface area contributed by atoms with Crippen LogP contribution in [-0.2, 0) is 6.54 Å². The molecular weight excluding hydrogens is 246 g/mol. The maximum atomic E-state index is 5.49. The van der Waals surface area contributed by atoms with Crippen molar-refractivity contribution >= 4 is 0 Å². The molecule has 0 aromatic heterocycles. The first-order valence-electron chi connectivity index (χ1n) is 7.75. The summed E-state index contributed by atoms with van der Waals surface area (Å²) in [7, 11) is 0. The molecular formula is C18H27NO. The van der Waals surface area contributed by atoms with Crippen LogP contribution in [0.15, 0.2) is 36.9 Å².